The van der Waals surface area contributed by atoms with Crippen molar-refractivity contribution in [3.05, 3.63) is 24.2 Å². The molecule has 0 bridgehead atoms. The summed E-state index contributed by atoms with van der Waals surface area (Å²) in [4.78, 5) is 2.04. The Labute approximate surface area is 88.5 Å². The molecule has 0 saturated carbocycles. The van der Waals surface area contributed by atoms with Crippen molar-refractivity contribution >= 4 is 11.3 Å². The molecule has 5 nitrogen and oxygen atoms in total. The lowest BCUT2D eigenvalue weighted by atomic mass is 10.3. The summed E-state index contributed by atoms with van der Waals surface area (Å²) in [7, 11) is 4.01. The van der Waals surface area contributed by atoms with Gasteiger partial charge in [0.05, 0.1) is 0 Å². The minimum atomic E-state index is 0.593. The van der Waals surface area contributed by atoms with Crippen molar-refractivity contribution in [3.8, 4) is 0 Å². The van der Waals surface area contributed by atoms with E-state index in [0.717, 1.165) is 23.6 Å². The maximum absolute atomic E-state index is 5.50. The molecule has 0 radical (unpaired) electrons. The largest absolute Gasteiger partial charge is 0.378 e. The molecule has 0 aliphatic rings. The number of nitrogens with zero attached hydrogens (tertiary/aromatic N) is 4. The molecule has 0 saturated heterocycles. The maximum atomic E-state index is 5.50. The normalized spacial score (nSPS) is 10.9. The Hall–Kier alpha value is -1.62. The number of pyridine rings is 1. The molecule has 2 N–H and O–H groups in total. The van der Waals surface area contributed by atoms with Gasteiger partial charge in [0.25, 0.3) is 0 Å². The molecule has 0 aliphatic heterocycles. The Morgan fingerprint density at radius 3 is 2.87 bits per heavy atom. The highest BCUT2D eigenvalue weighted by Crippen LogP contribution is 2.14. The third-order valence-electron chi connectivity index (χ3n) is 2.35. The van der Waals surface area contributed by atoms with Crippen molar-refractivity contribution in [2.75, 3.05) is 25.5 Å². The molecule has 0 aliphatic carbocycles. The Morgan fingerprint density at radius 1 is 1.40 bits per heavy atom. The predicted octanol–water partition coefficient (Wildman–Crippen LogP) is 0.297. The van der Waals surface area contributed by atoms with Gasteiger partial charge in [-0.1, -0.05) is 0 Å². The zero-order valence-electron chi connectivity index (χ0n) is 9.01. The average Bonchev–Trinajstić information content (AvgIpc) is 2.61. The first kappa shape index (κ1) is 9.92. The zero-order valence-corrected chi connectivity index (χ0v) is 9.01. The first-order valence-corrected chi connectivity index (χ1v) is 4.93. The Balaban J connectivity index is 2.47. The van der Waals surface area contributed by atoms with Gasteiger partial charge in [-0.25, -0.2) is 0 Å². The van der Waals surface area contributed by atoms with Crippen LogP contribution in [0.5, 0.6) is 0 Å². The highest BCUT2D eigenvalue weighted by molar-refractivity contribution is 5.55. The summed E-state index contributed by atoms with van der Waals surface area (Å²) in [6.45, 7) is 0.593. The van der Waals surface area contributed by atoms with Gasteiger partial charge in [0, 0.05) is 38.5 Å². The number of aromatic nitrogens is 3. The molecular weight excluding hydrogens is 190 g/mol. The topological polar surface area (TPSA) is 59.5 Å². The van der Waals surface area contributed by atoms with E-state index in [1.165, 1.54) is 0 Å². The van der Waals surface area contributed by atoms with E-state index in [1.807, 2.05) is 41.7 Å². The first-order chi connectivity index (χ1) is 7.22. The standard InChI is InChI=1S/C10H15N5/c1-14(2)8-4-6-15-9(3-5-11)12-13-10(15)7-8/h4,6-7H,3,5,11H2,1-2H3. The van der Waals surface area contributed by atoms with Crippen LogP contribution in [0.3, 0.4) is 0 Å². The van der Waals surface area contributed by atoms with E-state index in [-0.39, 0.29) is 0 Å². The molecule has 5 heteroatoms. The average molecular weight is 205 g/mol. The predicted molar refractivity (Wildman–Crippen MR) is 60.1 cm³/mol. The van der Waals surface area contributed by atoms with E-state index < -0.39 is 0 Å². The lowest BCUT2D eigenvalue weighted by Crippen LogP contribution is -2.09. The van der Waals surface area contributed by atoms with Gasteiger partial charge >= 0.3 is 0 Å². The van der Waals surface area contributed by atoms with E-state index in [9.17, 15) is 0 Å². The van der Waals surface area contributed by atoms with Crippen LogP contribution in [-0.2, 0) is 6.42 Å². The molecule has 2 aromatic rings. The maximum Gasteiger partial charge on any atom is 0.162 e. The summed E-state index contributed by atoms with van der Waals surface area (Å²) >= 11 is 0. The highest BCUT2D eigenvalue weighted by Gasteiger charge is 2.05. The van der Waals surface area contributed by atoms with Crippen LogP contribution in [0.1, 0.15) is 5.82 Å². The van der Waals surface area contributed by atoms with Crippen LogP contribution in [0.25, 0.3) is 5.65 Å². The van der Waals surface area contributed by atoms with Gasteiger partial charge in [-0.15, -0.1) is 10.2 Å². The number of hydrogen-bond acceptors (Lipinski definition) is 4. The van der Waals surface area contributed by atoms with Gasteiger partial charge in [-0.3, -0.25) is 4.40 Å². The summed E-state index contributed by atoms with van der Waals surface area (Å²) < 4.78 is 1.97. The van der Waals surface area contributed by atoms with Crippen molar-refractivity contribution < 1.29 is 0 Å². The Kier molecular flexibility index (Phi) is 2.55. The van der Waals surface area contributed by atoms with E-state index in [2.05, 4.69) is 10.2 Å². The molecule has 2 rings (SSSR count). The molecule has 80 valence electrons. The first-order valence-electron chi connectivity index (χ1n) is 4.93. The van der Waals surface area contributed by atoms with Crippen LogP contribution in [0.2, 0.25) is 0 Å². The highest BCUT2D eigenvalue weighted by atomic mass is 15.2. The van der Waals surface area contributed by atoms with E-state index in [0.29, 0.717) is 6.54 Å². The monoisotopic (exact) mass is 205 g/mol. The summed E-state index contributed by atoms with van der Waals surface area (Å²) in [5.74, 6) is 0.915. The van der Waals surface area contributed by atoms with Gasteiger partial charge in [0.1, 0.15) is 5.82 Å². The summed E-state index contributed by atoms with van der Waals surface area (Å²) in [6, 6.07) is 4.05. The molecular formula is C10H15N5. The lowest BCUT2D eigenvalue weighted by Gasteiger charge is -2.11. The molecule has 2 heterocycles. The fourth-order valence-corrected chi connectivity index (χ4v) is 1.51. The van der Waals surface area contributed by atoms with Crippen LogP contribution >= 0.6 is 0 Å². The van der Waals surface area contributed by atoms with Gasteiger partial charge in [-0.05, 0) is 12.6 Å². The molecule has 0 spiro atoms. The van der Waals surface area contributed by atoms with Crippen molar-refractivity contribution in [3.63, 3.8) is 0 Å². The Morgan fingerprint density at radius 2 is 2.20 bits per heavy atom. The van der Waals surface area contributed by atoms with Gasteiger partial charge < -0.3 is 10.6 Å². The van der Waals surface area contributed by atoms with Crippen LogP contribution in [0.15, 0.2) is 18.3 Å². The zero-order chi connectivity index (χ0) is 10.8. The molecule has 15 heavy (non-hydrogen) atoms. The molecule has 0 aromatic carbocycles. The minimum Gasteiger partial charge on any atom is -0.378 e. The smallest absolute Gasteiger partial charge is 0.162 e. The van der Waals surface area contributed by atoms with E-state index in [1.54, 1.807) is 0 Å². The van der Waals surface area contributed by atoms with Crippen molar-refractivity contribution in [2.24, 2.45) is 5.73 Å². The van der Waals surface area contributed by atoms with E-state index >= 15 is 0 Å². The number of anilines is 1. The van der Waals surface area contributed by atoms with Gasteiger partial charge in [0.15, 0.2) is 5.65 Å². The number of rotatable bonds is 3. The minimum absolute atomic E-state index is 0.593. The molecule has 0 atom stereocenters. The third kappa shape index (κ3) is 1.78. The van der Waals surface area contributed by atoms with Crippen LogP contribution in [-0.4, -0.2) is 35.2 Å². The van der Waals surface area contributed by atoms with E-state index in [4.69, 9.17) is 5.73 Å². The number of hydrogen-bond donors (Lipinski definition) is 1. The Bertz CT molecular complexity index is 460. The second kappa shape index (κ2) is 3.86. The van der Waals surface area contributed by atoms with Crippen molar-refractivity contribution in [1.29, 1.82) is 0 Å². The molecule has 2 aromatic heterocycles. The lowest BCUT2D eigenvalue weighted by molar-refractivity contribution is 0.848. The quantitative estimate of drug-likeness (QED) is 0.782. The summed E-state index contributed by atoms with van der Waals surface area (Å²) in [6.07, 6.45) is 2.73. The number of nitrogens with two attached hydrogens (primary N) is 1. The molecule has 0 unspecified atom stereocenters. The fourth-order valence-electron chi connectivity index (χ4n) is 1.51. The van der Waals surface area contributed by atoms with Crippen molar-refractivity contribution in [1.82, 2.24) is 14.6 Å². The van der Waals surface area contributed by atoms with Crippen LogP contribution in [0.4, 0.5) is 5.69 Å². The fraction of sp³-hybridized carbons (Fsp3) is 0.400. The number of fused-ring (bicyclic) bond motifs is 1. The molecule has 0 amide bonds. The van der Waals surface area contributed by atoms with Crippen LogP contribution in [0, 0.1) is 0 Å². The van der Waals surface area contributed by atoms with Gasteiger partial charge in [-0.2, -0.15) is 0 Å². The summed E-state index contributed by atoms with van der Waals surface area (Å²) in [5.41, 5.74) is 7.48. The second-order valence-electron chi connectivity index (χ2n) is 3.66. The van der Waals surface area contributed by atoms with Crippen molar-refractivity contribution in [2.45, 2.75) is 6.42 Å². The summed E-state index contributed by atoms with van der Waals surface area (Å²) in [5, 5.41) is 8.21. The second-order valence-corrected chi connectivity index (χ2v) is 3.66. The SMILES string of the molecule is CN(C)c1ccn2c(CCN)nnc2c1. The molecule has 0 fully saturated rings. The van der Waals surface area contributed by atoms with Gasteiger partial charge in [0.2, 0.25) is 0 Å². The van der Waals surface area contributed by atoms with Crippen LogP contribution < -0.4 is 10.6 Å². The third-order valence-corrected chi connectivity index (χ3v) is 2.35.